The molecule has 0 radical (unpaired) electrons. The van der Waals surface area contributed by atoms with E-state index in [4.69, 9.17) is 18.9 Å². The second-order valence-electron chi connectivity index (χ2n) is 15.8. The molecule has 14 nitrogen and oxygen atoms in total. The Bertz CT molecular complexity index is 1360. The normalized spacial score (nSPS) is 28.5. The maximum atomic E-state index is 13.1. The zero-order valence-corrected chi connectivity index (χ0v) is 37.1. The van der Waals surface area contributed by atoms with E-state index in [1.807, 2.05) is 12.2 Å². The van der Waals surface area contributed by atoms with Gasteiger partial charge in [0.25, 0.3) is 0 Å². The van der Waals surface area contributed by atoms with Crippen molar-refractivity contribution in [3.8, 4) is 0 Å². The monoisotopic (exact) mass is 878 g/mol. The minimum atomic E-state index is -1.80. The van der Waals surface area contributed by atoms with Crippen molar-refractivity contribution in [3.63, 3.8) is 0 Å². The lowest BCUT2D eigenvalue weighted by Crippen LogP contribution is -2.65. The first-order valence-corrected chi connectivity index (χ1v) is 22.8. The predicted octanol–water partition coefficient (Wildman–Crippen LogP) is 4.65. The van der Waals surface area contributed by atoms with Crippen LogP contribution in [-0.4, -0.2) is 140 Å². The van der Waals surface area contributed by atoms with E-state index in [0.29, 0.717) is 19.3 Å². The third kappa shape index (κ3) is 22.2. The van der Waals surface area contributed by atoms with Gasteiger partial charge < -0.3 is 65.1 Å². The summed E-state index contributed by atoms with van der Waals surface area (Å²) in [5, 5.41) is 86.3. The Hall–Kier alpha value is -2.83. The number of hydrogen-bond donors (Lipinski definition) is 9. The number of amides is 1. The Balaban J connectivity index is 1.93. The number of allylic oxidation sites excluding steroid dienone is 13. The minimum Gasteiger partial charge on any atom is -0.394 e. The number of rotatable bonds is 32. The fourth-order valence-electron chi connectivity index (χ4n) is 6.81. The van der Waals surface area contributed by atoms with Crippen LogP contribution in [-0.2, 0) is 23.7 Å². The molecule has 0 aromatic carbocycles. The molecule has 0 aromatic heterocycles. The van der Waals surface area contributed by atoms with Crippen LogP contribution in [0.5, 0.6) is 0 Å². The third-order valence-corrected chi connectivity index (χ3v) is 10.6. The van der Waals surface area contributed by atoms with Crippen molar-refractivity contribution in [2.24, 2.45) is 0 Å². The van der Waals surface area contributed by atoms with Gasteiger partial charge in [-0.2, -0.15) is 0 Å². The van der Waals surface area contributed by atoms with Crippen molar-refractivity contribution >= 4 is 5.91 Å². The number of ether oxygens (including phenoxy) is 4. The van der Waals surface area contributed by atoms with Crippen LogP contribution in [0.15, 0.2) is 85.1 Å². The van der Waals surface area contributed by atoms with Gasteiger partial charge in [-0.3, -0.25) is 4.79 Å². The van der Waals surface area contributed by atoms with E-state index in [1.54, 1.807) is 6.08 Å². The Labute approximate surface area is 370 Å². The highest BCUT2D eigenvalue weighted by Gasteiger charge is 2.50. The van der Waals surface area contributed by atoms with E-state index in [0.717, 1.165) is 51.4 Å². The largest absolute Gasteiger partial charge is 0.394 e. The van der Waals surface area contributed by atoms with Gasteiger partial charge in [0.05, 0.1) is 32.0 Å². The van der Waals surface area contributed by atoms with E-state index >= 15 is 0 Å². The Morgan fingerprint density at radius 1 is 0.597 bits per heavy atom. The highest BCUT2D eigenvalue weighted by atomic mass is 16.7. The van der Waals surface area contributed by atoms with Gasteiger partial charge in [-0.1, -0.05) is 125 Å². The van der Waals surface area contributed by atoms with Gasteiger partial charge in [-0.15, -0.1) is 0 Å². The first-order chi connectivity index (χ1) is 30.1. The molecule has 2 rings (SSSR count). The third-order valence-electron chi connectivity index (χ3n) is 10.6. The van der Waals surface area contributed by atoms with Crippen LogP contribution in [0.1, 0.15) is 117 Å². The maximum Gasteiger partial charge on any atom is 0.220 e. The SMILES string of the molecule is CC/C=C\C/C=C\C/C=C\C/C=C\C/C=C\CCCC(=O)NC(COC1OC(CO)C(OC2OC(CO)C(O)C(O)C2O)C(O)C1O)C(O)/C=C/CC/C=C/CCCCCCC. The average molecular weight is 878 g/mol. The lowest BCUT2D eigenvalue weighted by atomic mass is 9.97. The van der Waals surface area contributed by atoms with Crippen LogP contribution in [0.3, 0.4) is 0 Å². The molecule has 0 aromatic rings. The molecule has 14 heteroatoms. The van der Waals surface area contributed by atoms with Gasteiger partial charge in [0.1, 0.15) is 48.8 Å². The van der Waals surface area contributed by atoms with E-state index < -0.39 is 86.8 Å². The standard InChI is InChI=1S/C48H79NO13/c1-3-5-7-9-11-13-15-16-17-18-19-20-22-24-26-28-30-32-40(53)49-36(37(52)31-29-27-25-23-21-14-12-10-8-6-4-2)35-59-47-45(58)43(56)46(39(34-51)61-47)62-48-44(57)42(55)41(54)38(33-50)60-48/h5,7,11,13,16-17,19-21,23-24,26,29,31,36-39,41-48,50-52,54-58H,3-4,6,8-10,12,14-15,18,22,25,27-28,30,32-35H2,1-2H3,(H,49,53)/b7-5-,13-11-,17-16-,20-19-,23-21+,26-24-,31-29+. The number of carbonyl (C=O) groups excluding carboxylic acids is 1. The van der Waals surface area contributed by atoms with Crippen molar-refractivity contribution in [2.75, 3.05) is 19.8 Å². The van der Waals surface area contributed by atoms with Crippen molar-refractivity contribution in [3.05, 3.63) is 85.1 Å². The molecular formula is C48H79NO13. The number of aliphatic hydroxyl groups excluding tert-OH is 8. The van der Waals surface area contributed by atoms with Crippen LogP contribution < -0.4 is 5.32 Å². The first kappa shape index (κ1) is 55.3. The van der Waals surface area contributed by atoms with E-state index in [1.165, 1.54) is 25.7 Å². The van der Waals surface area contributed by atoms with Crippen LogP contribution >= 0.6 is 0 Å². The topological polar surface area (TPSA) is 228 Å². The summed E-state index contributed by atoms with van der Waals surface area (Å²) in [5.74, 6) is -0.313. The molecule has 0 aliphatic carbocycles. The Morgan fingerprint density at radius 2 is 1.13 bits per heavy atom. The highest BCUT2D eigenvalue weighted by Crippen LogP contribution is 2.29. The molecule has 0 spiro atoms. The molecule has 0 saturated carbocycles. The van der Waals surface area contributed by atoms with Crippen LogP contribution in [0.25, 0.3) is 0 Å². The molecule has 1 amide bonds. The summed E-state index contributed by atoms with van der Waals surface area (Å²) in [7, 11) is 0. The zero-order valence-electron chi connectivity index (χ0n) is 37.1. The number of unbranched alkanes of at least 4 members (excludes halogenated alkanes) is 7. The maximum absolute atomic E-state index is 13.1. The molecule has 2 aliphatic heterocycles. The van der Waals surface area contributed by atoms with Crippen LogP contribution in [0.4, 0.5) is 0 Å². The van der Waals surface area contributed by atoms with Gasteiger partial charge in [0.2, 0.25) is 5.91 Å². The molecule has 12 atom stereocenters. The smallest absolute Gasteiger partial charge is 0.220 e. The number of nitrogens with one attached hydrogen (secondary N) is 1. The highest BCUT2D eigenvalue weighted by molar-refractivity contribution is 5.76. The molecule has 62 heavy (non-hydrogen) atoms. The van der Waals surface area contributed by atoms with Crippen molar-refractivity contribution in [1.29, 1.82) is 0 Å². The summed E-state index contributed by atoms with van der Waals surface area (Å²) in [6.45, 7) is 2.54. The van der Waals surface area contributed by atoms with E-state index in [-0.39, 0.29) is 18.9 Å². The number of carbonyl (C=O) groups is 1. The van der Waals surface area contributed by atoms with Gasteiger partial charge in [0, 0.05) is 6.42 Å². The van der Waals surface area contributed by atoms with Crippen molar-refractivity contribution < 1.29 is 64.6 Å². The molecule has 2 aliphatic rings. The summed E-state index contributed by atoms with van der Waals surface area (Å²) < 4.78 is 22.6. The molecule has 354 valence electrons. The summed E-state index contributed by atoms with van der Waals surface area (Å²) in [5.41, 5.74) is 0. The van der Waals surface area contributed by atoms with E-state index in [2.05, 4.69) is 86.0 Å². The van der Waals surface area contributed by atoms with Gasteiger partial charge >= 0.3 is 0 Å². The van der Waals surface area contributed by atoms with Gasteiger partial charge in [-0.25, -0.2) is 0 Å². The minimum absolute atomic E-state index is 0.190. The van der Waals surface area contributed by atoms with Crippen LogP contribution in [0, 0.1) is 0 Å². The van der Waals surface area contributed by atoms with Crippen molar-refractivity contribution in [2.45, 2.75) is 190 Å². The number of aliphatic hydroxyl groups is 8. The number of hydrogen-bond acceptors (Lipinski definition) is 13. The first-order valence-electron chi connectivity index (χ1n) is 22.8. The summed E-state index contributed by atoms with van der Waals surface area (Å²) >= 11 is 0. The van der Waals surface area contributed by atoms with Gasteiger partial charge in [-0.05, 0) is 70.6 Å². The average Bonchev–Trinajstić information content (AvgIpc) is 3.27. The fourth-order valence-corrected chi connectivity index (χ4v) is 6.81. The molecule has 2 saturated heterocycles. The van der Waals surface area contributed by atoms with Crippen LogP contribution in [0.2, 0.25) is 0 Å². The molecule has 9 N–H and O–H groups in total. The molecule has 0 bridgehead atoms. The second-order valence-corrected chi connectivity index (χ2v) is 15.8. The fraction of sp³-hybridized carbons (Fsp3) is 0.688. The van der Waals surface area contributed by atoms with E-state index in [9.17, 15) is 45.6 Å². The lowest BCUT2D eigenvalue weighted by Gasteiger charge is -2.46. The summed E-state index contributed by atoms with van der Waals surface area (Å²) in [6.07, 6.45) is 26.4. The van der Waals surface area contributed by atoms with Crippen molar-refractivity contribution in [1.82, 2.24) is 5.32 Å². The molecule has 12 unspecified atom stereocenters. The Kier molecular flexibility index (Phi) is 30.8. The molecular weight excluding hydrogens is 799 g/mol. The lowest BCUT2D eigenvalue weighted by molar-refractivity contribution is -0.359. The summed E-state index contributed by atoms with van der Waals surface area (Å²) in [6, 6.07) is -0.963. The summed E-state index contributed by atoms with van der Waals surface area (Å²) in [4.78, 5) is 13.1. The quantitative estimate of drug-likeness (QED) is 0.0332. The molecule has 2 heterocycles. The van der Waals surface area contributed by atoms with Gasteiger partial charge in [0.15, 0.2) is 12.6 Å². The second kappa shape index (κ2) is 34.6. The Morgan fingerprint density at radius 3 is 1.76 bits per heavy atom. The molecule has 2 fully saturated rings. The predicted molar refractivity (Wildman–Crippen MR) is 239 cm³/mol. The zero-order chi connectivity index (χ0) is 45.4.